The summed E-state index contributed by atoms with van der Waals surface area (Å²) in [7, 11) is 0. The fraction of sp³-hybridized carbons (Fsp3) is 0.316. The quantitative estimate of drug-likeness (QED) is 0.108. The van der Waals surface area contributed by atoms with Crippen LogP contribution in [0.4, 0.5) is 0 Å². The van der Waals surface area contributed by atoms with Crippen molar-refractivity contribution in [1.82, 2.24) is 15.6 Å². The second-order valence-electron chi connectivity index (χ2n) is 6.72. The molecule has 11 N–H and O–H groups in total. The fourth-order valence-electron chi connectivity index (χ4n) is 3.02. The normalized spacial score (nSPS) is 12.7. The number of para-hydroxylation sites is 1. The first-order valence-corrected chi connectivity index (χ1v) is 9.37. The maximum Gasteiger partial charge on any atom is 0.338 e. The van der Waals surface area contributed by atoms with Crippen molar-refractivity contribution in [3.63, 3.8) is 0 Å². The average Bonchev–Trinajstić information content (AvgIpc) is 3.12. The molecule has 2 rings (SSSR count). The van der Waals surface area contributed by atoms with Crippen LogP contribution in [0.25, 0.3) is 10.9 Å². The predicted octanol–water partition coefficient (Wildman–Crippen LogP) is -2.98. The van der Waals surface area contributed by atoms with Crippen LogP contribution in [0.3, 0.4) is 0 Å². The Labute approximate surface area is 173 Å². The summed E-state index contributed by atoms with van der Waals surface area (Å²) in [6.07, 6.45) is 2.47. The summed E-state index contributed by atoms with van der Waals surface area (Å²) in [5.74, 6) is -2.41. The van der Waals surface area contributed by atoms with Gasteiger partial charge in [-0.2, -0.15) is 0 Å². The number of amides is 2. The van der Waals surface area contributed by atoms with Gasteiger partial charge in [0.2, 0.25) is 11.8 Å². The van der Waals surface area contributed by atoms with E-state index in [1.54, 1.807) is 6.20 Å². The largest absolute Gasteiger partial charge is 0.480 e. The van der Waals surface area contributed by atoms with Gasteiger partial charge in [-0.15, -0.1) is 0 Å². The molecule has 0 aliphatic carbocycles. The van der Waals surface area contributed by atoms with Gasteiger partial charge in [-0.05, 0) is 24.5 Å². The van der Waals surface area contributed by atoms with E-state index in [-0.39, 0.29) is 18.8 Å². The molecule has 30 heavy (non-hydrogen) atoms. The molecule has 2 unspecified atom stereocenters. The van der Waals surface area contributed by atoms with E-state index in [0.29, 0.717) is 13.0 Å². The first-order chi connectivity index (χ1) is 14.3. The maximum atomic E-state index is 12.7. The molecule has 1 aromatic carbocycles. The zero-order chi connectivity index (χ0) is 22.1. The van der Waals surface area contributed by atoms with Crippen LogP contribution in [0, 0.1) is 6.54 Å². The number of nitrogens with two attached hydrogens (primary N) is 3. The molecule has 1 aromatic heterocycles. The first-order valence-electron chi connectivity index (χ1n) is 9.37. The van der Waals surface area contributed by atoms with E-state index in [4.69, 9.17) is 17.2 Å². The molecule has 2 atom stereocenters. The molecule has 11 heteroatoms. The highest BCUT2D eigenvalue weighted by Gasteiger charge is 2.27. The van der Waals surface area contributed by atoms with Gasteiger partial charge in [0.05, 0.1) is 6.54 Å². The highest BCUT2D eigenvalue weighted by Crippen LogP contribution is 2.19. The molecule has 1 radical (unpaired) electrons. The van der Waals surface area contributed by atoms with E-state index < -0.39 is 29.9 Å². The number of aromatic amines is 1. The van der Waals surface area contributed by atoms with E-state index in [1.165, 1.54) is 0 Å². The number of carboxylic acid groups (broad SMARTS) is 1. The van der Waals surface area contributed by atoms with Crippen LogP contribution in [-0.2, 0) is 20.8 Å². The van der Waals surface area contributed by atoms with Gasteiger partial charge in [0.15, 0.2) is 0 Å². The van der Waals surface area contributed by atoms with Crippen molar-refractivity contribution >= 4 is 34.6 Å². The maximum absolute atomic E-state index is 12.7. The lowest BCUT2D eigenvalue weighted by Crippen LogP contribution is -2.78. The lowest BCUT2D eigenvalue weighted by atomic mass is 10.0. The Kier molecular flexibility index (Phi) is 8.18. The second-order valence-corrected chi connectivity index (χ2v) is 6.72. The minimum absolute atomic E-state index is 0.0417. The van der Waals surface area contributed by atoms with Gasteiger partial charge >= 0.3 is 11.9 Å². The summed E-state index contributed by atoms with van der Waals surface area (Å²) < 4.78 is 0. The molecule has 0 saturated carbocycles. The van der Waals surface area contributed by atoms with Crippen molar-refractivity contribution in [3.05, 3.63) is 42.6 Å². The van der Waals surface area contributed by atoms with Gasteiger partial charge in [0.25, 0.3) is 0 Å². The highest BCUT2D eigenvalue weighted by molar-refractivity contribution is 5.93. The number of aliphatic carboxylic acids is 1. The average molecular weight is 417 g/mol. The third-order valence-electron chi connectivity index (χ3n) is 4.50. The minimum Gasteiger partial charge on any atom is -0.480 e. The summed E-state index contributed by atoms with van der Waals surface area (Å²) in [4.78, 5) is 41.9. The molecule has 0 spiro atoms. The smallest absolute Gasteiger partial charge is 0.338 e. The number of carbonyl (C=O) groups is 3. The van der Waals surface area contributed by atoms with E-state index in [9.17, 15) is 19.5 Å². The monoisotopic (exact) mass is 417 g/mol. The minimum atomic E-state index is -1.18. The van der Waals surface area contributed by atoms with Crippen LogP contribution in [0.1, 0.15) is 18.4 Å². The lowest BCUT2D eigenvalue weighted by molar-refractivity contribution is -0.459. The van der Waals surface area contributed by atoms with Crippen molar-refractivity contribution < 1.29 is 24.5 Å². The van der Waals surface area contributed by atoms with Crippen LogP contribution in [-0.4, -0.2) is 52.5 Å². The van der Waals surface area contributed by atoms with Gasteiger partial charge in [-0.3, -0.25) is 26.0 Å². The molecule has 0 aliphatic heterocycles. The third-order valence-corrected chi connectivity index (χ3v) is 4.50. The SMILES string of the molecule is N[CH]C(=O)NC(CCC[NH+]=C(N)N)C(=O)NC(Cc1c[nH]c2ccccc12)C(=O)O. The Balaban J connectivity index is 2.09. The fourth-order valence-corrected chi connectivity index (χ4v) is 3.02. The van der Waals surface area contributed by atoms with E-state index in [0.717, 1.165) is 23.0 Å². The van der Waals surface area contributed by atoms with Crippen LogP contribution < -0.4 is 32.8 Å². The number of carbonyl (C=O) groups excluding carboxylic acids is 2. The molecule has 0 fully saturated rings. The Morgan fingerprint density at radius 1 is 1.17 bits per heavy atom. The topological polar surface area (TPSA) is 203 Å². The lowest BCUT2D eigenvalue weighted by Gasteiger charge is -2.21. The number of guanidine groups is 1. The second kappa shape index (κ2) is 10.8. The van der Waals surface area contributed by atoms with Gasteiger partial charge in [-0.1, -0.05) is 18.2 Å². The number of hydrogen-bond donors (Lipinski definition) is 8. The number of hydrogen-bond acceptors (Lipinski definition) is 4. The first kappa shape index (κ1) is 22.7. The van der Waals surface area contributed by atoms with E-state index in [2.05, 4.69) is 20.6 Å². The standard InChI is InChI=1S/C19H26N7O4/c20-9-16(27)25-14(6-3-7-23-19(21)22)17(28)26-15(18(29)30)8-11-10-24-13-5-2-1-4-12(11)13/h1-2,4-5,9-10,14-15,24H,3,6-8,20H2,(H,25,27)(H,26,28)(H,29,30)(H4,21,22,23)/p+1. The Bertz CT molecular complexity index is 920. The molecule has 1 heterocycles. The zero-order valence-electron chi connectivity index (χ0n) is 16.4. The van der Waals surface area contributed by atoms with Gasteiger partial charge in [0.1, 0.15) is 18.6 Å². The molecular weight excluding hydrogens is 390 g/mol. The highest BCUT2D eigenvalue weighted by atomic mass is 16.4. The molecule has 0 saturated heterocycles. The van der Waals surface area contributed by atoms with Crippen LogP contribution in [0.2, 0.25) is 0 Å². The number of carboxylic acids is 1. The van der Waals surface area contributed by atoms with Crippen LogP contribution in [0.15, 0.2) is 30.5 Å². The van der Waals surface area contributed by atoms with Gasteiger partial charge in [0, 0.05) is 23.5 Å². The molecule has 2 aromatic rings. The Morgan fingerprint density at radius 2 is 1.90 bits per heavy atom. The predicted molar refractivity (Wildman–Crippen MR) is 110 cm³/mol. The van der Waals surface area contributed by atoms with Crippen molar-refractivity contribution in [2.75, 3.05) is 6.54 Å². The summed E-state index contributed by atoms with van der Waals surface area (Å²) >= 11 is 0. The number of benzene rings is 1. The molecule has 0 bridgehead atoms. The molecular formula is C19H27N7O4+. The molecule has 0 aliphatic rings. The number of fused-ring (bicyclic) bond motifs is 1. The van der Waals surface area contributed by atoms with Crippen molar-refractivity contribution in [2.45, 2.75) is 31.3 Å². The van der Waals surface area contributed by atoms with Crippen LogP contribution in [0.5, 0.6) is 0 Å². The molecule has 161 valence electrons. The van der Waals surface area contributed by atoms with Gasteiger partial charge in [-0.25, -0.2) is 4.79 Å². The van der Waals surface area contributed by atoms with Crippen molar-refractivity contribution in [1.29, 1.82) is 0 Å². The zero-order valence-corrected chi connectivity index (χ0v) is 16.4. The number of nitrogens with one attached hydrogen (secondary N) is 4. The van der Waals surface area contributed by atoms with E-state index >= 15 is 0 Å². The van der Waals surface area contributed by atoms with Crippen LogP contribution >= 0.6 is 0 Å². The van der Waals surface area contributed by atoms with E-state index in [1.807, 2.05) is 24.3 Å². The Hall–Kier alpha value is -3.60. The summed E-state index contributed by atoms with van der Waals surface area (Å²) in [5, 5.41) is 15.4. The summed E-state index contributed by atoms with van der Waals surface area (Å²) in [5.41, 5.74) is 17.5. The number of aromatic nitrogens is 1. The summed E-state index contributed by atoms with van der Waals surface area (Å²) in [6.45, 7) is 1.18. The Morgan fingerprint density at radius 3 is 2.57 bits per heavy atom. The van der Waals surface area contributed by atoms with Crippen molar-refractivity contribution in [3.8, 4) is 0 Å². The number of rotatable bonds is 11. The summed E-state index contributed by atoms with van der Waals surface area (Å²) in [6, 6.07) is 5.32. The molecule has 2 amide bonds. The van der Waals surface area contributed by atoms with Crippen molar-refractivity contribution in [2.24, 2.45) is 17.2 Å². The number of H-pyrrole nitrogens is 1. The van der Waals surface area contributed by atoms with Gasteiger partial charge < -0.3 is 26.5 Å². The molecule has 11 nitrogen and oxygen atoms in total. The third kappa shape index (κ3) is 6.48.